The van der Waals surface area contributed by atoms with E-state index >= 15 is 0 Å². The first kappa shape index (κ1) is 14.2. The molecular weight excluding hydrogens is 280 g/mol. The zero-order chi connectivity index (χ0) is 15.7. The van der Waals surface area contributed by atoms with Crippen molar-refractivity contribution >= 4 is 5.82 Å². The van der Waals surface area contributed by atoms with Gasteiger partial charge in [-0.05, 0) is 39.0 Å². The van der Waals surface area contributed by atoms with Gasteiger partial charge in [-0.15, -0.1) is 10.2 Å². The lowest BCUT2D eigenvalue weighted by Gasteiger charge is -2.17. The molecule has 0 N–H and O–H groups in total. The third-order valence-electron chi connectivity index (χ3n) is 3.56. The second-order valence-corrected chi connectivity index (χ2v) is 5.31. The van der Waals surface area contributed by atoms with Crippen LogP contribution >= 0.6 is 0 Å². The molecule has 3 heterocycles. The Balaban J connectivity index is 1.78. The number of aryl methyl sites for hydroxylation is 3. The van der Waals surface area contributed by atoms with Gasteiger partial charge in [0.05, 0.1) is 11.4 Å². The summed E-state index contributed by atoms with van der Waals surface area (Å²) in [5, 5.41) is 16.8. The van der Waals surface area contributed by atoms with Crippen LogP contribution in [0.5, 0.6) is 0 Å². The Morgan fingerprint density at radius 2 is 1.95 bits per heavy atom. The lowest BCUT2D eigenvalue weighted by atomic mass is 10.2. The lowest BCUT2D eigenvalue weighted by molar-refractivity contribution is 0.392. The summed E-state index contributed by atoms with van der Waals surface area (Å²) in [5.74, 6) is 2.32. The van der Waals surface area contributed by atoms with Gasteiger partial charge in [0, 0.05) is 25.4 Å². The topological polar surface area (TPSA) is 72.9 Å². The molecule has 22 heavy (non-hydrogen) atoms. The van der Waals surface area contributed by atoms with Gasteiger partial charge in [0.25, 0.3) is 0 Å². The van der Waals surface area contributed by atoms with Gasteiger partial charge in [-0.25, -0.2) is 4.68 Å². The van der Waals surface area contributed by atoms with Gasteiger partial charge in [0.1, 0.15) is 5.76 Å². The standard InChI is InChI=1S/C15H18N6O/c1-10-7-8-21(18-10)15-6-5-14(16-17-15)20(4)9-13-11(2)19-22-12(13)3/h5-8H,9H2,1-4H3. The zero-order valence-electron chi connectivity index (χ0n) is 13.1. The molecule has 0 atom stereocenters. The summed E-state index contributed by atoms with van der Waals surface area (Å²) in [6, 6.07) is 5.76. The minimum atomic E-state index is 0.677. The summed E-state index contributed by atoms with van der Waals surface area (Å²) in [5.41, 5.74) is 2.93. The maximum atomic E-state index is 5.19. The molecular formula is C15H18N6O. The molecule has 114 valence electrons. The van der Waals surface area contributed by atoms with E-state index in [0.29, 0.717) is 12.4 Å². The molecule has 0 radical (unpaired) electrons. The fourth-order valence-corrected chi connectivity index (χ4v) is 2.23. The molecule has 0 aliphatic heterocycles. The van der Waals surface area contributed by atoms with Gasteiger partial charge in [0.2, 0.25) is 0 Å². The van der Waals surface area contributed by atoms with Crippen molar-refractivity contribution in [1.82, 2.24) is 25.1 Å². The average Bonchev–Trinajstić information content (AvgIpc) is 3.08. The van der Waals surface area contributed by atoms with Crippen molar-refractivity contribution in [2.24, 2.45) is 0 Å². The highest BCUT2D eigenvalue weighted by atomic mass is 16.5. The molecule has 0 fully saturated rings. The van der Waals surface area contributed by atoms with E-state index in [1.165, 1.54) is 0 Å². The highest BCUT2D eigenvalue weighted by molar-refractivity contribution is 5.40. The Morgan fingerprint density at radius 3 is 2.50 bits per heavy atom. The van der Waals surface area contributed by atoms with Gasteiger partial charge >= 0.3 is 0 Å². The van der Waals surface area contributed by atoms with Gasteiger partial charge in [0.15, 0.2) is 11.6 Å². The van der Waals surface area contributed by atoms with Gasteiger partial charge in [-0.1, -0.05) is 5.16 Å². The zero-order valence-corrected chi connectivity index (χ0v) is 13.1. The summed E-state index contributed by atoms with van der Waals surface area (Å²) < 4.78 is 6.90. The van der Waals surface area contributed by atoms with E-state index in [2.05, 4.69) is 20.5 Å². The van der Waals surface area contributed by atoms with E-state index in [0.717, 1.165) is 28.5 Å². The Hall–Kier alpha value is -2.70. The van der Waals surface area contributed by atoms with Crippen LogP contribution in [0.2, 0.25) is 0 Å². The van der Waals surface area contributed by atoms with Crippen molar-refractivity contribution in [3.8, 4) is 5.82 Å². The molecule has 0 aromatic carbocycles. The molecule has 0 aliphatic rings. The Bertz CT molecular complexity index is 754. The molecule has 0 aliphatic carbocycles. The quantitative estimate of drug-likeness (QED) is 0.735. The van der Waals surface area contributed by atoms with Crippen LogP contribution in [0.4, 0.5) is 5.82 Å². The van der Waals surface area contributed by atoms with Gasteiger partial charge < -0.3 is 9.42 Å². The van der Waals surface area contributed by atoms with E-state index in [4.69, 9.17) is 4.52 Å². The Morgan fingerprint density at radius 1 is 1.14 bits per heavy atom. The summed E-state index contributed by atoms with van der Waals surface area (Å²) in [6.45, 7) is 6.47. The summed E-state index contributed by atoms with van der Waals surface area (Å²) >= 11 is 0. The number of aromatic nitrogens is 5. The second-order valence-electron chi connectivity index (χ2n) is 5.31. The molecule has 0 unspecified atom stereocenters. The van der Waals surface area contributed by atoms with E-state index in [9.17, 15) is 0 Å². The summed E-state index contributed by atoms with van der Waals surface area (Å²) in [6.07, 6.45) is 1.87. The first-order valence-corrected chi connectivity index (χ1v) is 7.04. The maximum absolute atomic E-state index is 5.19. The summed E-state index contributed by atoms with van der Waals surface area (Å²) in [4.78, 5) is 2.01. The molecule has 0 saturated heterocycles. The third-order valence-corrected chi connectivity index (χ3v) is 3.56. The highest BCUT2D eigenvalue weighted by Crippen LogP contribution is 2.18. The Labute approximate surface area is 128 Å². The largest absolute Gasteiger partial charge is 0.361 e. The van der Waals surface area contributed by atoms with Crippen LogP contribution < -0.4 is 4.90 Å². The van der Waals surface area contributed by atoms with E-state index in [1.807, 2.05) is 57.1 Å². The van der Waals surface area contributed by atoms with Crippen LogP contribution in [-0.4, -0.2) is 32.2 Å². The molecule has 3 aromatic rings. The predicted molar refractivity (Wildman–Crippen MR) is 82.0 cm³/mol. The molecule has 0 saturated carbocycles. The number of rotatable bonds is 4. The SMILES string of the molecule is Cc1ccn(-c2ccc(N(C)Cc3c(C)noc3C)nn2)n1. The van der Waals surface area contributed by atoms with Gasteiger partial charge in [-0.3, -0.25) is 0 Å². The predicted octanol–water partition coefficient (Wildman–Crippen LogP) is 2.21. The monoisotopic (exact) mass is 298 g/mol. The molecule has 7 nitrogen and oxygen atoms in total. The minimum absolute atomic E-state index is 0.677. The molecule has 0 bridgehead atoms. The molecule has 0 amide bonds. The summed E-state index contributed by atoms with van der Waals surface area (Å²) in [7, 11) is 1.97. The average molecular weight is 298 g/mol. The molecule has 3 rings (SSSR count). The Kier molecular flexibility index (Phi) is 3.62. The fourth-order valence-electron chi connectivity index (χ4n) is 2.23. The highest BCUT2D eigenvalue weighted by Gasteiger charge is 2.13. The third kappa shape index (κ3) is 2.69. The van der Waals surface area contributed by atoms with Gasteiger partial charge in [-0.2, -0.15) is 5.10 Å². The van der Waals surface area contributed by atoms with Crippen molar-refractivity contribution in [3.05, 3.63) is 47.1 Å². The van der Waals surface area contributed by atoms with Crippen LogP contribution in [0.1, 0.15) is 22.7 Å². The lowest BCUT2D eigenvalue weighted by Crippen LogP contribution is -2.19. The molecule has 3 aromatic heterocycles. The number of hydrogen-bond donors (Lipinski definition) is 0. The van der Waals surface area contributed by atoms with Crippen LogP contribution in [0.3, 0.4) is 0 Å². The van der Waals surface area contributed by atoms with E-state index < -0.39 is 0 Å². The van der Waals surface area contributed by atoms with E-state index in [-0.39, 0.29) is 0 Å². The van der Waals surface area contributed by atoms with Crippen LogP contribution in [0.25, 0.3) is 5.82 Å². The van der Waals surface area contributed by atoms with Crippen LogP contribution in [-0.2, 0) is 6.54 Å². The molecule has 7 heteroatoms. The smallest absolute Gasteiger partial charge is 0.175 e. The van der Waals surface area contributed by atoms with Crippen molar-refractivity contribution in [2.45, 2.75) is 27.3 Å². The fraction of sp³-hybridized carbons (Fsp3) is 0.333. The first-order valence-electron chi connectivity index (χ1n) is 7.04. The number of hydrogen-bond acceptors (Lipinski definition) is 6. The van der Waals surface area contributed by atoms with Crippen molar-refractivity contribution in [2.75, 3.05) is 11.9 Å². The van der Waals surface area contributed by atoms with Crippen molar-refractivity contribution in [1.29, 1.82) is 0 Å². The van der Waals surface area contributed by atoms with E-state index in [1.54, 1.807) is 4.68 Å². The van der Waals surface area contributed by atoms with Crippen molar-refractivity contribution < 1.29 is 4.52 Å². The normalized spacial score (nSPS) is 10.9. The maximum Gasteiger partial charge on any atom is 0.175 e. The van der Waals surface area contributed by atoms with Crippen LogP contribution in [0, 0.1) is 20.8 Å². The first-order chi connectivity index (χ1) is 10.5. The minimum Gasteiger partial charge on any atom is -0.361 e. The van der Waals surface area contributed by atoms with Crippen molar-refractivity contribution in [3.63, 3.8) is 0 Å². The van der Waals surface area contributed by atoms with Crippen LogP contribution in [0.15, 0.2) is 28.9 Å². The number of anilines is 1. The second kappa shape index (κ2) is 5.59. The molecule has 0 spiro atoms. The number of nitrogens with zero attached hydrogens (tertiary/aromatic N) is 6.